The van der Waals surface area contributed by atoms with Gasteiger partial charge >= 0.3 is 5.97 Å². The van der Waals surface area contributed by atoms with E-state index in [4.69, 9.17) is 4.74 Å². The standard InChI is InChI=1S/C16H20N2O2/c1-4-13-15-11(9-14(18(13)2)16(19)20-3)10-7-5-6-8-12(10)17-15/h5-8,13-14,17H,4,9H2,1-3H3/t13-,14-/m0/s1. The summed E-state index contributed by atoms with van der Waals surface area (Å²) < 4.78 is 4.97. The molecule has 0 amide bonds. The SMILES string of the molecule is CC[C@H]1c2[nH]c3ccccc3c2C[C@@H](C(=O)OC)N1C. The van der Waals surface area contributed by atoms with Crippen LogP contribution in [0.5, 0.6) is 0 Å². The number of para-hydroxylation sites is 1. The second kappa shape index (κ2) is 4.94. The minimum Gasteiger partial charge on any atom is -0.468 e. The Kier molecular flexibility index (Phi) is 3.26. The molecule has 0 fully saturated rings. The van der Waals surface area contributed by atoms with E-state index in [1.807, 2.05) is 19.2 Å². The predicted octanol–water partition coefficient (Wildman–Crippen LogP) is 2.65. The van der Waals surface area contributed by atoms with Gasteiger partial charge in [-0.1, -0.05) is 25.1 Å². The van der Waals surface area contributed by atoms with Gasteiger partial charge in [0.25, 0.3) is 0 Å². The fourth-order valence-corrected chi connectivity index (χ4v) is 3.36. The number of carbonyl (C=O) groups is 1. The number of nitrogens with zero attached hydrogens (tertiary/aromatic N) is 1. The van der Waals surface area contributed by atoms with Crippen LogP contribution in [0, 0.1) is 0 Å². The normalized spacial score (nSPS) is 22.8. The van der Waals surface area contributed by atoms with Crippen molar-refractivity contribution in [3.8, 4) is 0 Å². The van der Waals surface area contributed by atoms with Crippen molar-refractivity contribution in [1.82, 2.24) is 9.88 Å². The van der Waals surface area contributed by atoms with E-state index >= 15 is 0 Å². The Morgan fingerprint density at radius 3 is 2.90 bits per heavy atom. The van der Waals surface area contributed by atoms with Crippen LogP contribution in [-0.4, -0.2) is 36.1 Å². The molecule has 1 aliphatic heterocycles. The molecule has 2 aromatic rings. The number of rotatable bonds is 2. The first-order valence-corrected chi connectivity index (χ1v) is 7.06. The smallest absolute Gasteiger partial charge is 0.323 e. The van der Waals surface area contributed by atoms with Crippen molar-refractivity contribution in [1.29, 1.82) is 0 Å². The molecular formula is C16H20N2O2. The van der Waals surface area contributed by atoms with Gasteiger partial charge in [-0.15, -0.1) is 0 Å². The van der Waals surface area contributed by atoms with Gasteiger partial charge < -0.3 is 9.72 Å². The van der Waals surface area contributed by atoms with Crippen molar-refractivity contribution in [2.24, 2.45) is 0 Å². The lowest BCUT2D eigenvalue weighted by atomic mass is 9.91. The maximum atomic E-state index is 12.0. The summed E-state index contributed by atoms with van der Waals surface area (Å²) >= 11 is 0. The molecule has 0 saturated carbocycles. The predicted molar refractivity (Wildman–Crippen MR) is 78.6 cm³/mol. The van der Waals surface area contributed by atoms with Crippen molar-refractivity contribution in [3.05, 3.63) is 35.5 Å². The Bertz CT molecular complexity index is 647. The number of methoxy groups -OCH3 is 1. The zero-order valence-electron chi connectivity index (χ0n) is 12.1. The summed E-state index contributed by atoms with van der Waals surface area (Å²) in [5.41, 5.74) is 3.66. The lowest BCUT2D eigenvalue weighted by Gasteiger charge is -2.37. The third kappa shape index (κ3) is 1.83. The number of aromatic amines is 1. The van der Waals surface area contributed by atoms with Crippen molar-refractivity contribution >= 4 is 16.9 Å². The number of carbonyl (C=O) groups excluding carboxylic acids is 1. The van der Waals surface area contributed by atoms with Gasteiger partial charge in [-0.25, -0.2) is 0 Å². The molecule has 1 N–H and O–H groups in total. The molecule has 4 heteroatoms. The van der Waals surface area contributed by atoms with Gasteiger partial charge in [0.2, 0.25) is 0 Å². The average Bonchev–Trinajstić information content (AvgIpc) is 2.84. The second-order valence-corrected chi connectivity index (χ2v) is 5.40. The maximum absolute atomic E-state index is 12.0. The van der Waals surface area contributed by atoms with E-state index in [-0.39, 0.29) is 18.1 Å². The van der Waals surface area contributed by atoms with Gasteiger partial charge in [0.15, 0.2) is 0 Å². The molecular weight excluding hydrogens is 252 g/mol. The lowest BCUT2D eigenvalue weighted by molar-refractivity contribution is -0.147. The van der Waals surface area contributed by atoms with Crippen LogP contribution in [0.4, 0.5) is 0 Å². The van der Waals surface area contributed by atoms with Crippen LogP contribution in [0.25, 0.3) is 10.9 Å². The average molecular weight is 272 g/mol. The minimum absolute atomic E-state index is 0.151. The summed E-state index contributed by atoms with van der Waals surface area (Å²) in [7, 11) is 3.46. The first-order valence-electron chi connectivity index (χ1n) is 7.06. The van der Waals surface area contributed by atoms with Gasteiger partial charge in [0.05, 0.1) is 13.2 Å². The maximum Gasteiger partial charge on any atom is 0.323 e. The number of esters is 1. The van der Waals surface area contributed by atoms with Crippen LogP contribution >= 0.6 is 0 Å². The first kappa shape index (κ1) is 13.2. The lowest BCUT2D eigenvalue weighted by Crippen LogP contribution is -2.46. The summed E-state index contributed by atoms with van der Waals surface area (Å²) in [6, 6.07) is 8.33. The molecule has 3 rings (SSSR count). The molecule has 0 aliphatic carbocycles. The molecule has 2 atom stereocenters. The van der Waals surface area contributed by atoms with E-state index in [1.54, 1.807) is 0 Å². The molecule has 0 unspecified atom stereocenters. The largest absolute Gasteiger partial charge is 0.468 e. The summed E-state index contributed by atoms with van der Waals surface area (Å²) in [6.45, 7) is 2.15. The van der Waals surface area contributed by atoms with Crippen LogP contribution in [0.3, 0.4) is 0 Å². The van der Waals surface area contributed by atoms with Crippen LogP contribution < -0.4 is 0 Å². The van der Waals surface area contributed by atoms with Gasteiger partial charge in [-0.2, -0.15) is 0 Å². The third-order valence-electron chi connectivity index (χ3n) is 4.42. The van der Waals surface area contributed by atoms with E-state index < -0.39 is 0 Å². The van der Waals surface area contributed by atoms with Crippen LogP contribution in [0.15, 0.2) is 24.3 Å². The Balaban J connectivity index is 2.14. The number of nitrogens with one attached hydrogen (secondary N) is 1. The minimum atomic E-state index is -0.198. The number of aromatic nitrogens is 1. The molecule has 0 spiro atoms. The number of hydrogen-bond acceptors (Lipinski definition) is 3. The summed E-state index contributed by atoms with van der Waals surface area (Å²) in [6.07, 6.45) is 1.67. The molecule has 1 aliphatic rings. The highest BCUT2D eigenvalue weighted by atomic mass is 16.5. The van der Waals surface area contributed by atoms with E-state index in [1.165, 1.54) is 23.8 Å². The van der Waals surface area contributed by atoms with E-state index in [0.29, 0.717) is 6.42 Å². The quantitative estimate of drug-likeness (QED) is 0.855. The molecule has 1 aromatic heterocycles. The molecule has 1 aromatic carbocycles. The van der Waals surface area contributed by atoms with Crippen LogP contribution in [0.1, 0.15) is 30.6 Å². The number of ether oxygens (including phenoxy) is 1. The van der Waals surface area contributed by atoms with Crippen molar-refractivity contribution in [2.45, 2.75) is 31.8 Å². The zero-order valence-corrected chi connectivity index (χ0v) is 12.1. The topological polar surface area (TPSA) is 45.3 Å². The van der Waals surface area contributed by atoms with Crippen LogP contribution in [0.2, 0.25) is 0 Å². The molecule has 0 bridgehead atoms. The van der Waals surface area contributed by atoms with Gasteiger partial charge in [0.1, 0.15) is 6.04 Å². The number of benzene rings is 1. The van der Waals surface area contributed by atoms with E-state index in [0.717, 1.165) is 11.9 Å². The van der Waals surface area contributed by atoms with E-state index in [2.05, 4.69) is 28.9 Å². The molecule has 2 heterocycles. The third-order valence-corrected chi connectivity index (χ3v) is 4.42. The first-order chi connectivity index (χ1) is 9.67. The molecule has 0 saturated heterocycles. The Hall–Kier alpha value is -1.81. The Morgan fingerprint density at radius 2 is 2.20 bits per heavy atom. The Morgan fingerprint density at radius 1 is 1.45 bits per heavy atom. The number of fused-ring (bicyclic) bond motifs is 3. The van der Waals surface area contributed by atoms with Crippen LogP contribution in [-0.2, 0) is 16.0 Å². The highest BCUT2D eigenvalue weighted by Crippen LogP contribution is 2.37. The molecule has 4 nitrogen and oxygen atoms in total. The highest BCUT2D eigenvalue weighted by Gasteiger charge is 2.37. The zero-order chi connectivity index (χ0) is 14.3. The van der Waals surface area contributed by atoms with Gasteiger partial charge in [-0.3, -0.25) is 9.69 Å². The molecule has 106 valence electrons. The summed E-state index contributed by atoms with van der Waals surface area (Å²) in [5, 5.41) is 1.22. The number of hydrogen-bond donors (Lipinski definition) is 1. The fraction of sp³-hybridized carbons (Fsp3) is 0.438. The summed E-state index contributed by atoms with van der Waals surface area (Å²) in [5.74, 6) is -0.151. The van der Waals surface area contributed by atoms with Crippen molar-refractivity contribution in [3.63, 3.8) is 0 Å². The fourth-order valence-electron chi connectivity index (χ4n) is 3.36. The van der Waals surface area contributed by atoms with E-state index in [9.17, 15) is 4.79 Å². The monoisotopic (exact) mass is 272 g/mol. The van der Waals surface area contributed by atoms with Gasteiger partial charge in [-0.05, 0) is 25.1 Å². The Labute approximate surface area is 118 Å². The molecule has 0 radical (unpaired) electrons. The van der Waals surface area contributed by atoms with Crippen molar-refractivity contribution in [2.75, 3.05) is 14.2 Å². The second-order valence-electron chi connectivity index (χ2n) is 5.40. The van der Waals surface area contributed by atoms with Crippen molar-refractivity contribution < 1.29 is 9.53 Å². The summed E-state index contributed by atoms with van der Waals surface area (Å²) in [4.78, 5) is 17.7. The van der Waals surface area contributed by atoms with Gasteiger partial charge in [0, 0.05) is 23.0 Å². The highest BCUT2D eigenvalue weighted by molar-refractivity contribution is 5.87. The number of H-pyrrole nitrogens is 1. The number of likely N-dealkylation sites (N-methyl/N-ethyl adjacent to an activating group) is 1. The molecule has 20 heavy (non-hydrogen) atoms.